The standard InChI is InChI=1S/C20H25N/c1-15(2)7-11-19(16(3)4)12-10-18(6)21-20-13-8-17(5)9-14-20/h7-14,21H,1,3H2,2,4-6H3/b11-7-,18-10+,19-12-. The Bertz CT molecular complexity index is 595. The molecule has 0 aliphatic rings. The monoisotopic (exact) mass is 279 g/mol. The van der Waals surface area contributed by atoms with E-state index in [0.29, 0.717) is 0 Å². The second-order valence-electron chi connectivity index (χ2n) is 5.42. The highest BCUT2D eigenvalue weighted by Gasteiger charge is 1.94. The van der Waals surface area contributed by atoms with Gasteiger partial charge < -0.3 is 5.32 Å². The maximum Gasteiger partial charge on any atom is 0.0381 e. The summed E-state index contributed by atoms with van der Waals surface area (Å²) in [5, 5.41) is 3.37. The molecule has 0 saturated carbocycles. The number of nitrogens with one attached hydrogen (secondary N) is 1. The largest absolute Gasteiger partial charge is 0.359 e. The van der Waals surface area contributed by atoms with Crippen LogP contribution in [-0.2, 0) is 0 Å². The van der Waals surface area contributed by atoms with E-state index in [1.54, 1.807) is 0 Å². The van der Waals surface area contributed by atoms with E-state index in [-0.39, 0.29) is 0 Å². The van der Waals surface area contributed by atoms with Crippen LogP contribution >= 0.6 is 0 Å². The van der Waals surface area contributed by atoms with Gasteiger partial charge in [-0.2, -0.15) is 0 Å². The summed E-state index contributed by atoms with van der Waals surface area (Å²) < 4.78 is 0. The molecular weight excluding hydrogens is 254 g/mol. The molecule has 1 rings (SSSR count). The van der Waals surface area contributed by atoms with Crippen LogP contribution in [0.25, 0.3) is 0 Å². The van der Waals surface area contributed by atoms with Crippen LogP contribution in [-0.4, -0.2) is 0 Å². The first-order chi connectivity index (χ1) is 9.88. The molecular formula is C20H25N. The van der Waals surface area contributed by atoms with Gasteiger partial charge in [-0.3, -0.25) is 0 Å². The second kappa shape index (κ2) is 8.11. The van der Waals surface area contributed by atoms with Crippen molar-refractivity contribution < 1.29 is 0 Å². The van der Waals surface area contributed by atoms with Gasteiger partial charge >= 0.3 is 0 Å². The smallest absolute Gasteiger partial charge is 0.0381 e. The van der Waals surface area contributed by atoms with E-state index in [1.165, 1.54) is 5.56 Å². The lowest BCUT2D eigenvalue weighted by molar-refractivity contribution is 1.35. The highest BCUT2D eigenvalue weighted by atomic mass is 14.9. The Morgan fingerprint density at radius 2 is 1.57 bits per heavy atom. The molecule has 0 radical (unpaired) electrons. The minimum absolute atomic E-state index is 1.03. The molecule has 1 aromatic rings. The summed E-state index contributed by atoms with van der Waals surface area (Å²) in [5.41, 5.74) is 6.60. The summed E-state index contributed by atoms with van der Waals surface area (Å²) in [6.45, 7) is 16.0. The topological polar surface area (TPSA) is 12.0 Å². The van der Waals surface area contributed by atoms with Crippen LogP contribution in [0.1, 0.15) is 26.3 Å². The van der Waals surface area contributed by atoms with E-state index >= 15 is 0 Å². The first-order valence-electron chi connectivity index (χ1n) is 7.10. The number of benzene rings is 1. The Labute approximate surface area is 129 Å². The zero-order chi connectivity index (χ0) is 15.8. The summed E-state index contributed by atoms with van der Waals surface area (Å²) in [4.78, 5) is 0. The van der Waals surface area contributed by atoms with Crippen molar-refractivity contribution in [2.75, 3.05) is 5.32 Å². The Hall–Kier alpha value is -2.28. The molecule has 21 heavy (non-hydrogen) atoms. The second-order valence-corrected chi connectivity index (χ2v) is 5.42. The molecule has 0 aliphatic carbocycles. The molecule has 0 spiro atoms. The third kappa shape index (κ3) is 6.62. The van der Waals surface area contributed by atoms with E-state index in [4.69, 9.17) is 0 Å². The average Bonchev–Trinajstić information content (AvgIpc) is 2.40. The Morgan fingerprint density at radius 3 is 2.10 bits per heavy atom. The zero-order valence-corrected chi connectivity index (χ0v) is 13.5. The summed E-state index contributed by atoms with van der Waals surface area (Å²) in [6, 6.07) is 8.36. The molecule has 0 saturated heterocycles. The number of rotatable bonds is 6. The third-order valence-electron chi connectivity index (χ3n) is 2.95. The van der Waals surface area contributed by atoms with Crippen LogP contribution in [0.3, 0.4) is 0 Å². The normalized spacial score (nSPS) is 12.6. The van der Waals surface area contributed by atoms with Gasteiger partial charge in [0.1, 0.15) is 0 Å². The number of allylic oxidation sites excluding steroid dienone is 8. The van der Waals surface area contributed by atoms with Gasteiger partial charge in [-0.05, 0) is 51.5 Å². The first-order valence-corrected chi connectivity index (χ1v) is 7.10. The van der Waals surface area contributed by atoms with Crippen molar-refractivity contribution in [3.63, 3.8) is 0 Å². The zero-order valence-electron chi connectivity index (χ0n) is 13.5. The number of hydrogen-bond donors (Lipinski definition) is 1. The molecule has 0 unspecified atom stereocenters. The van der Waals surface area contributed by atoms with Gasteiger partial charge in [-0.25, -0.2) is 0 Å². The van der Waals surface area contributed by atoms with Crippen LogP contribution in [0.5, 0.6) is 0 Å². The minimum atomic E-state index is 1.03. The van der Waals surface area contributed by atoms with Gasteiger partial charge in [0, 0.05) is 11.4 Å². The number of aryl methyl sites for hydroxylation is 1. The van der Waals surface area contributed by atoms with Crippen LogP contribution < -0.4 is 5.32 Å². The minimum Gasteiger partial charge on any atom is -0.359 e. The van der Waals surface area contributed by atoms with Crippen LogP contribution in [0.2, 0.25) is 0 Å². The lowest BCUT2D eigenvalue weighted by Crippen LogP contribution is -1.94. The van der Waals surface area contributed by atoms with Gasteiger partial charge in [0.05, 0.1) is 0 Å². The van der Waals surface area contributed by atoms with Crippen LogP contribution in [0, 0.1) is 6.92 Å². The fourth-order valence-corrected chi connectivity index (χ4v) is 1.69. The predicted octanol–water partition coefficient (Wildman–Crippen LogP) is 5.95. The lowest BCUT2D eigenvalue weighted by atomic mass is 10.1. The molecule has 1 N–H and O–H groups in total. The number of anilines is 1. The van der Waals surface area contributed by atoms with Crippen molar-refractivity contribution in [2.24, 2.45) is 0 Å². The van der Waals surface area contributed by atoms with E-state index in [2.05, 4.69) is 68.7 Å². The van der Waals surface area contributed by atoms with Crippen LogP contribution in [0.4, 0.5) is 5.69 Å². The highest BCUT2D eigenvalue weighted by Crippen LogP contribution is 2.13. The van der Waals surface area contributed by atoms with E-state index in [9.17, 15) is 0 Å². The van der Waals surface area contributed by atoms with Gasteiger partial charge in [0.2, 0.25) is 0 Å². The summed E-state index contributed by atoms with van der Waals surface area (Å²) in [5.74, 6) is 0. The van der Waals surface area contributed by atoms with Crippen LogP contribution in [0.15, 0.2) is 84.1 Å². The summed E-state index contributed by atoms with van der Waals surface area (Å²) in [7, 11) is 0. The van der Waals surface area contributed by atoms with Crippen molar-refractivity contribution in [3.8, 4) is 0 Å². The van der Waals surface area contributed by atoms with Gasteiger partial charge in [0.25, 0.3) is 0 Å². The maximum absolute atomic E-state index is 4.01. The molecule has 110 valence electrons. The molecule has 0 heterocycles. The fourth-order valence-electron chi connectivity index (χ4n) is 1.69. The van der Waals surface area contributed by atoms with Crippen molar-refractivity contribution in [2.45, 2.75) is 27.7 Å². The van der Waals surface area contributed by atoms with E-state index in [1.807, 2.05) is 26.0 Å². The molecule has 0 amide bonds. The van der Waals surface area contributed by atoms with Gasteiger partial charge in [-0.15, -0.1) is 0 Å². The highest BCUT2D eigenvalue weighted by molar-refractivity contribution is 5.50. The first kappa shape index (κ1) is 16.8. The summed E-state index contributed by atoms with van der Waals surface area (Å²) in [6.07, 6.45) is 8.17. The Morgan fingerprint density at radius 1 is 0.952 bits per heavy atom. The molecule has 0 aromatic heterocycles. The maximum atomic E-state index is 4.01. The van der Waals surface area contributed by atoms with E-state index in [0.717, 1.165) is 28.1 Å². The molecule has 0 aliphatic heterocycles. The number of hydrogen-bond acceptors (Lipinski definition) is 1. The average molecular weight is 279 g/mol. The van der Waals surface area contributed by atoms with Crippen molar-refractivity contribution in [3.05, 3.63) is 89.7 Å². The molecule has 0 bridgehead atoms. The van der Waals surface area contributed by atoms with Gasteiger partial charge in [-0.1, -0.05) is 60.2 Å². The Kier molecular flexibility index (Phi) is 6.48. The summed E-state index contributed by atoms with van der Waals surface area (Å²) >= 11 is 0. The van der Waals surface area contributed by atoms with Crippen molar-refractivity contribution in [1.29, 1.82) is 0 Å². The van der Waals surface area contributed by atoms with Crippen molar-refractivity contribution in [1.82, 2.24) is 0 Å². The molecule has 0 atom stereocenters. The van der Waals surface area contributed by atoms with E-state index < -0.39 is 0 Å². The Balaban J connectivity index is 2.83. The third-order valence-corrected chi connectivity index (χ3v) is 2.95. The molecule has 1 aromatic carbocycles. The molecule has 1 nitrogen and oxygen atoms in total. The fraction of sp³-hybridized carbons (Fsp3) is 0.200. The lowest BCUT2D eigenvalue weighted by Gasteiger charge is -2.06. The quantitative estimate of drug-likeness (QED) is 0.635. The molecule has 0 fully saturated rings. The van der Waals surface area contributed by atoms with Gasteiger partial charge in [0.15, 0.2) is 0 Å². The SMILES string of the molecule is C=C(C)\C=C/C(=C/C=C(\C)Nc1ccc(C)cc1)C(=C)C. The van der Waals surface area contributed by atoms with Crippen molar-refractivity contribution >= 4 is 5.69 Å². The molecule has 1 heteroatoms. The predicted molar refractivity (Wildman–Crippen MR) is 95.4 cm³/mol.